The molecule has 5 atom stereocenters. The van der Waals surface area contributed by atoms with Crippen LogP contribution in [0, 0.1) is 28.6 Å². The van der Waals surface area contributed by atoms with Crippen molar-refractivity contribution in [3.8, 4) is 0 Å². The van der Waals surface area contributed by atoms with Gasteiger partial charge in [0, 0.05) is 7.11 Å². The van der Waals surface area contributed by atoms with Crippen molar-refractivity contribution in [3.63, 3.8) is 0 Å². The smallest absolute Gasteiger partial charge is 0.0684 e. The van der Waals surface area contributed by atoms with Crippen LogP contribution in [-0.4, -0.2) is 12.7 Å². The van der Waals surface area contributed by atoms with E-state index in [0.717, 1.165) is 17.8 Å². The first-order valence-electron chi connectivity index (χ1n) is 7.42. The molecule has 3 rings (SSSR count). The summed E-state index contributed by atoms with van der Waals surface area (Å²) in [5.41, 5.74) is 1.29. The molecule has 3 aliphatic carbocycles. The van der Waals surface area contributed by atoms with Crippen LogP contribution in [0.3, 0.4) is 0 Å². The van der Waals surface area contributed by atoms with E-state index < -0.39 is 0 Å². The Morgan fingerprint density at radius 2 is 1.71 bits per heavy atom. The second-order valence-electron chi connectivity index (χ2n) is 7.86. The number of ether oxygens (including phenoxy) is 1. The zero-order valence-corrected chi connectivity index (χ0v) is 12.2. The van der Waals surface area contributed by atoms with E-state index in [4.69, 9.17) is 4.74 Å². The summed E-state index contributed by atoms with van der Waals surface area (Å²) in [5.74, 6) is 2.66. The van der Waals surface area contributed by atoms with Crippen LogP contribution in [0.1, 0.15) is 59.8 Å². The minimum absolute atomic E-state index is 0.138. The standard InChI is InChI=1S/C16H28O/c1-11-6-7-12-14(2,3)13-10-16(11,12)9-8-15(13,4)17-5/h11-13H,6-10H2,1-5H3/t11-,12+,13+,15-,16-/m1/s1. The third-order valence-electron chi connectivity index (χ3n) is 7.23. The summed E-state index contributed by atoms with van der Waals surface area (Å²) in [4.78, 5) is 0. The first kappa shape index (κ1) is 12.0. The Labute approximate surface area is 106 Å². The van der Waals surface area contributed by atoms with Crippen LogP contribution < -0.4 is 0 Å². The van der Waals surface area contributed by atoms with Gasteiger partial charge in [-0.15, -0.1) is 0 Å². The highest BCUT2D eigenvalue weighted by Crippen LogP contribution is 2.73. The van der Waals surface area contributed by atoms with Gasteiger partial charge in [-0.3, -0.25) is 0 Å². The number of hydrogen-bond acceptors (Lipinski definition) is 1. The van der Waals surface area contributed by atoms with Crippen LogP contribution in [0.25, 0.3) is 0 Å². The molecule has 0 aromatic heterocycles. The molecule has 0 unspecified atom stereocenters. The Hall–Kier alpha value is -0.0400. The van der Waals surface area contributed by atoms with Gasteiger partial charge in [0.25, 0.3) is 0 Å². The average Bonchev–Trinajstić information content (AvgIpc) is 2.70. The summed E-state index contributed by atoms with van der Waals surface area (Å²) in [7, 11) is 1.92. The lowest BCUT2D eigenvalue weighted by Gasteiger charge is -2.46. The van der Waals surface area contributed by atoms with Gasteiger partial charge in [0.05, 0.1) is 5.60 Å². The first-order chi connectivity index (χ1) is 7.87. The lowest BCUT2D eigenvalue weighted by molar-refractivity contribution is -0.100. The molecule has 2 bridgehead atoms. The second kappa shape index (κ2) is 3.29. The highest BCUT2D eigenvalue weighted by atomic mass is 16.5. The third-order valence-corrected chi connectivity index (χ3v) is 7.23. The highest BCUT2D eigenvalue weighted by molar-refractivity contribution is 5.17. The molecule has 3 saturated carbocycles. The van der Waals surface area contributed by atoms with Crippen LogP contribution in [0.4, 0.5) is 0 Å². The maximum atomic E-state index is 5.94. The van der Waals surface area contributed by atoms with Crippen LogP contribution in [0.5, 0.6) is 0 Å². The zero-order valence-electron chi connectivity index (χ0n) is 12.2. The molecule has 0 radical (unpaired) electrons. The number of fused-ring (bicyclic) bond motifs is 1. The molecule has 0 heterocycles. The molecule has 1 spiro atoms. The molecule has 1 heteroatoms. The minimum atomic E-state index is 0.138. The van der Waals surface area contributed by atoms with Crippen molar-refractivity contribution < 1.29 is 4.74 Å². The van der Waals surface area contributed by atoms with Crippen molar-refractivity contribution in [2.45, 2.75) is 65.4 Å². The first-order valence-corrected chi connectivity index (χ1v) is 7.42. The van der Waals surface area contributed by atoms with Crippen molar-refractivity contribution in [3.05, 3.63) is 0 Å². The Balaban J connectivity index is 2.04. The molecule has 3 aliphatic rings. The van der Waals surface area contributed by atoms with Crippen LogP contribution in [0.2, 0.25) is 0 Å². The number of methoxy groups -OCH3 is 1. The van der Waals surface area contributed by atoms with Crippen molar-refractivity contribution >= 4 is 0 Å². The van der Waals surface area contributed by atoms with Crippen LogP contribution in [0.15, 0.2) is 0 Å². The maximum absolute atomic E-state index is 5.94. The normalized spacial score (nSPS) is 55.9. The molecule has 17 heavy (non-hydrogen) atoms. The van der Waals surface area contributed by atoms with Gasteiger partial charge in [0.15, 0.2) is 0 Å². The largest absolute Gasteiger partial charge is 0.378 e. The quantitative estimate of drug-likeness (QED) is 0.661. The highest BCUT2D eigenvalue weighted by Gasteiger charge is 2.68. The van der Waals surface area contributed by atoms with E-state index in [1.165, 1.54) is 32.1 Å². The lowest BCUT2D eigenvalue weighted by Crippen LogP contribution is -2.45. The Morgan fingerprint density at radius 3 is 2.35 bits per heavy atom. The monoisotopic (exact) mass is 236 g/mol. The Morgan fingerprint density at radius 1 is 1.00 bits per heavy atom. The predicted molar refractivity (Wildman–Crippen MR) is 70.9 cm³/mol. The van der Waals surface area contributed by atoms with E-state index in [1.807, 2.05) is 7.11 Å². The molecular formula is C16H28O. The van der Waals surface area contributed by atoms with Crippen LogP contribution >= 0.6 is 0 Å². The summed E-state index contributed by atoms with van der Waals surface area (Å²) < 4.78 is 5.94. The van der Waals surface area contributed by atoms with E-state index in [2.05, 4.69) is 27.7 Å². The number of rotatable bonds is 1. The molecule has 0 amide bonds. The molecule has 0 N–H and O–H groups in total. The van der Waals surface area contributed by atoms with Crippen LogP contribution in [-0.2, 0) is 4.74 Å². The lowest BCUT2D eigenvalue weighted by atomic mass is 9.64. The molecule has 0 aromatic carbocycles. The molecular weight excluding hydrogens is 208 g/mol. The van der Waals surface area contributed by atoms with E-state index in [9.17, 15) is 0 Å². The number of hydrogen-bond donors (Lipinski definition) is 0. The molecule has 98 valence electrons. The predicted octanol–water partition coefficient (Wildman–Crippen LogP) is 4.26. The summed E-state index contributed by atoms with van der Waals surface area (Å²) in [6.45, 7) is 9.90. The summed E-state index contributed by atoms with van der Waals surface area (Å²) in [6.07, 6.45) is 7.03. The molecule has 1 nitrogen and oxygen atoms in total. The summed E-state index contributed by atoms with van der Waals surface area (Å²) in [6, 6.07) is 0. The topological polar surface area (TPSA) is 9.23 Å². The molecule has 0 saturated heterocycles. The van der Waals surface area contributed by atoms with Gasteiger partial charge in [0.2, 0.25) is 0 Å². The van der Waals surface area contributed by atoms with E-state index in [0.29, 0.717) is 10.8 Å². The van der Waals surface area contributed by atoms with E-state index in [-0.39, 0.29) is 5.60 Å². The molecule has 0 aliphatic heterocycles. The van der Waals surface area contributed by atoms with Gasteiger partial charge in [0.1, 0.15) is 0 Å². The van der Waals surface area contributed by atoms with Gasteiger partial charge >= 0.3 is 0 Å². The molecule has 0 aromatic rings. The maximum Gasteiger partial charge on any atom is 0.0684 e. The Bertz CT molecular complexity index is 334. The van der Waals surface area contributed by atoms with Crippen molar-refractivity contribution in [1.82, 2.24) is 0 Å². The van der Waals surface area contributed by atoms with Crippen molar-refractivity contribution in [2.24, 2.45) is 28.6 Å². The van der Waals surface area contributed by atoms with Gasteiger partial charge in [-0.05, 0) is 67.6 Å². The van der Waals surface area contributed by atoms with Crippen molar-refractivity contribution in [2.75, 3.05) is 7.11 Å². The van der Waals surface area contributed by atoms with Gasteiger partial charge < -0.3 is 4.74 Å². The second-order valence-corrected chi connectivity index (χ2v) is 7.86. The average molecular weight is 236 g/mol. The zero-order chi connectivity index (χ0) is 12.5. The SMILES string of the molecule is CO[C@]1(C)CC[C@]23C[C@H]1C(C)(C)[C@@H]2CC[C@H]3C. The van der Waals surface area contributed by atoms with Gasteiger partial charge in [-0.1, -0.05) is 20.8 Å². The van der Waals surface area contributed by atoms with Gasteiger partial charge in [-0.2, -0.15) is 0 Å². The fourth-order valence-corrected chi connectivity index (χ4v) is 6.10. The fourth-order valence-electron chi connectivity index (χ4n) is 6.10. The summed E-state index contributed by atoms with van der Waals surface area (Å²) in [5, 5.41) is 0. The summed E-state index contributed by atoms with van der Waals surface area (Å²) >= 11 is 0. The van der Waals surface area contributed by atoms with E-state index >= 15 is 0 Å². The molecule has 3 fully saturated rings. The Kier molecular flexibility index (Phi) is 2.32. The third kappa shape index (κ3) is 1.25. The fraction of sp³-hybridized carbons (Fsp3) is 1.00. The van der Waals surface area contributed by atoms with Crippen molar-refractivity contribution in [1.29, 1.82) is 0 Å². The van der Waals surface area contributed by atoms with Gasteiger partial charge in [-0.25, -0.2) is 0 Å². The van der Waals surface area contributed by atoms with E-state index in [1.54, 1.807) is 0 Å². The minimum Gasteiger partial charge on any atom is -0.378 e.